The van der Waals surface area contributed by atoms with Gasteiger partial charge >= 0.3 is 5.69 Å². The minimum Gasteiger partial charge on any atom is -0.383 e. The molecule has 0 spiro atoms. The van der Waals surface area contributed by atoms with Gasteiger partial charge < -0.3 is 5.73 Å². The van der Waals surface area contributed by atoms with Crippen LogP contribution in [0, 0.1) is 24.0 Å². The summed E-state index contributed by atoms with van der Waals surface area (Å²) < 4.78 is 0. The van der Waals surface area contributed by atoms with Gasteiger partial charge in [-0.2, -0.15) is 0 Å². The van der Waals surface area contributed by atoms with Crippen molar-refractivity contribution in [2.24, 2.45) is 0 Å². The van der Waals surface area contributed by atoms with E-state index in [1.165, 1.54) is 0 Å². The average Bonchev–Trinajstić information content (AvgIpc) is 2.37. The molecule has 98 valence electrons. The molecule has 0 bridgehead atoms. The summed E-state index contributed by atoms with van der Waals surface area (Å²) in [4.78, 5) is 19.0. The van der Waals surface area contributed by atoms with Gasteiger partial charge in [0.05, 0.1) is 4.92 Å². The van der Waals surface area contributed by atoms with E-state index in [2.05, 4.69) is 9.97 Å². The predicted molar refractivity (Wildman–Crippen MR) is 73.1 cm³/mol. The van der Waals surface area contributed by atoms with Crippen molar-refractivity contribution in [2.75, 3.05) is 5.73 Å². The van der Waals surface area contributed by atoms with E-state index in [0.717, 1.165) is 11.8 Å². The van der Waals surface area contributed by atoms with E-state index < -0.39 is 4.92 Å². The Balaban J connectivity index is 2.53. The van der Waals surface area contributed by atoms with Gasteiger partial charge in [0.1, 0.15) is 10.8 Å². The molecular weight excluding hydrogens is 264 g/mol. The van der Waals surface area contributed by atoms with Crippen molar-refractivity contribution in [1.29, 1.82) is 0 Å². The Morgan fingerprint density at radius 2 is 2.05 bits per heavy atom. The van der Waals surface area contributed by atoms with Crippen molar-refractivity contribution in [3.8, 4) is 0 Å². The molecule has 0 saturated heterocycles. The van der Waals surface area contributed by atoms with Crippen molar-refractivity contribution in [1.82, 2.24) is 9.97 Å². The Kier molecular flexibility index (Phi) is 3.66. The molecule has 2 heterocycles. The highest BCUT2D eigenvalue weighted by Crippen LogP contribution is 2.36. The number of nitrogens with zero attached hydrogens (tertiary/aromatic N) is 3. The largest absolute Gasteiger partial charge is 0.383 e. The number of rotatable bonds is 3. The summed E-state index contributed by atoms with van der Waals surface area (Å²) in [6, 6.07) is 5.35. The van der Waals surface area contributed by atoms with Crippen molar-refractivity contribution in [3.05, 3.63) is 45.6 Å². The highest BCUT2D eigenvalue weighted by Gasteiger charge is 2.23. The minimum absolute atomic E-state index is 0.0117. The maximum atomic E-state index is 11.2. The molecule has 0 fully saturated rings. The molecule has 0 aliphatic carbocycles. The molecule has 19 heavy (non-hydrogen) atoms. The molecule has 0 unspecified atom stereocenters. The summed E-state index contributed by atoms with van der Waals surface area (Å²) in [5, 5.41) is 12.1. The summed E-state index contributed by atoms with van der Waals surface area (Å²) >= 11 is 1.14. The maximum absolute atomic E-state index is 11.2. The first-order valence-electron chi connectivity index (χ1n) is 5.50. The number of pyridine rings is 2. The van der Waals surface area contributed by atoms with Crippen LogP contribution in [0.25, 0.3) is 0 Å². The first kappa shape index (κ1) is 13.3. The Hall–Kier alpha value is -2.15. The lowest BCUT2D eigenvalue weighted by Gasteiger charge is -2.08. The molecule has 0 aliphatic heterocycles. The molecule has 7 heteroatoms. The molecule has 0 atom stereocenters. The van der Waals surface area contributed by atoms with E-state index in [-0.39, 0.29) is 10.7 Å². The van der Waals surface area contributed by atoms with E-state index in [1.54, 1.807) is 32.2 Å². The first-order valence-corrected chi connectivity index (χ1v) is 6.32. The topological polar surface area (TPSA) is 94.9 Å². The zero-order chi connectivity index (χ0) is 14.0. The van der Waals surface area contributed by atoms with Gasteiger partial charge in [0.2, 0.25) is 0 Å². The van der Waals surface area contributed by atoms with Crippen LogP contribution in [-0.4, -0.2) is 14.9 Å². The highest BCUT2D eigenvalue weighted by molar-refractivity contribution is 7.99. The molecule has 2 N–H and O–H groups in total. The Bertz CT molecular complexity index is 631. The van der Waals surface area contributed by atoms with Gasteiger partial charge in [0.15, 0.2) is 5.03 Å². The molecule has 2 rings (SSSR count). The van der Waals surface area contributed by atoms with Gasteiger partial charge in [0, 0.05) is 17.3 Å². The normalized spacial score (nSPS) is 10.4. The summed E-state index contributed by atoms with van der Waals surface area (Å²) in [5.74, 6) is 0.307. The Morgan fingerprint density at radius 1 is 1.32 bits per heavy atom. The number of nitro groups is 1. The van der Waals surface area contributed by atoms with E-state index in [4.69, 9.17) is 5.73 Å². The number of nitrogen functional groups attached to an aromatic ring is 1. The fourth-order valence-electron chi connectivity index (χ4n) is 1.57. The molecular formula is C12H12N4O2S. The first-order chi connectivity index (χ1) is 9.00. The molecule has 2 aromatic heterocycles. The number of nitrogens with two attached hydrogens (primary N) is 1. The van der Waals surface area contributed by atoms with Gasteiger partial charge in [-0.15, -0.1) is 0 Å². The van der Waals surface area contributed by atoms with Crippen molar-refractivity contribution in [3.63, 3.8) is 0 Å². The average molecular weight is 276 g/mol. The third kappa shape index (κ3) is 2.65. The zero-order valence-electron chi connectivity index (χ0n) is 10.5. The van der Waals surface area contributed by atoms with Gasteiger partial charge in [-0.3, -0.25) is 10.1 Å². The fourth-order valence-corrected chi connectivity index (χ4v) is 2.50. The summed E-state index contributed by atoms with van der Waals surface area (Å²) in [7, 11) is 0. The second-order valence-electron chi connectivity index (χ2n) is 3.93. The van der Waals surface area contributed by atoms with Crippen LogP contribution < -0.4 is 5.73 Å². The fraction of sp³-hybridized carbons (Fsp3) is 0.167. The zero-order valence-corrected chi connectivity index (χ0v) is 11.3. The lowest BCUT2D eigenvalue weighted by Crippen LogP contribution is -2.04. The molecule has 0 amide bonds. The van der Waals surface area contributed by atoms with E-state index in [0.29, 0.717) is 22.0 Å². The van der Waals surface area contributed by atoms with Gasteiger partial charge in [-0.05, 0) is 37.7 Å². The van der Waals surface area contributed by atoms with Gasteiger partial charge in [-0.25, -0.2) is 9.97 Å². The lowest BCUT2D eigenvalue weighted by molar-refractivity contribution is -0.388. The quantitative estimate of drug-likeness (QED) is 0.684. The minimum atomic E-state index is -0.431. The third-order valence-electron chi connectivity index (χ3n) is 2.75. The molecule has 2 aromatic rings. The van der Waals surface area contributed by atoms with E-state index in [1.807, 2.05) is 6.07 Å². The summed E-state index contributed by atoms with van der Waals surface area (Å²) in [6.07, 6.45) is 1.62. The van der Waals surface area contributed by atoms with Crippen molar-refractivity contribution < 1.29 is 4.92 Å². The van der Waals surface area contributed by atoms with Crippen molar-refractivity contribution in [2.45, 2.75) is 23.9 Å². The second-order valence-corrected chi connectivity index (χ2v) is 4.94. The number of aromatic nitrogens is 2. The summed E-state index contributed by atoms with van der Waals surface area (Å²) in [6.45, 7) is 3.40. The molecule has 0 aromatic carbocycles. The standard InChI is InChI=1S/C12H12N4O2S/c1-7-8(2)11(13)15-12(10(7)16(17)18)19-9-5-3-4-6-14-9/h3-6H,1-2H3,(H2,13,15). The summed E-state index contributed by atoms with van der Waals surface area (Å²) in [5.41, 5.74) is 6.94. The van der Waals surface area contributed by atoms with Gasteiger partial charge in [-0.1, -0.05) is 6.07 Å². The smallest absolute Gasteiger partial charge is 0.305 e. The lowest BCUT2D eigenvalue weighted by atomic mass is 10.1. The number of hydrogen-bond donors (Lipinski definition) is 1. The number of anilines is 1. The highest BCUT2D eigenvalue weighted by atomic mass is 32.2. The predicted octanol–water partition coefficient (Wildman–Crippen LogP) is 2.74. The number of hydrogen-bond acceptors (Lipinski definition) is 6. The maximum Gasteiger partial charge on any atom is 0.305 e. The van der Waals surface area contributed by atoms with Crippen LogP contribution in [0.4, 0.5) is 11.5 Å². The van der Waals surface area contributed by atoms with Gasteiger partial charge in [0.25, 0.3) is 0 Å². The molecule has 6 nitrogen and oxygen atoms in total. The molecule has 0 radical (unpaired) electrons. The van der Waals surface area contributed by atoms with Crippen LogP contribution in [-0.2, 0) is 0 Å². The van der Waals surface area contributed by atoms with E-state index in [9.17, 15) is 10.1 Å². The Morgan fingerprint density at radius 3 is 2.63 bits per heavy atom. The second kappa shape index (κ2) is 5.23. The van der Waals surface area contributed by atoms with Crippen LogP contribution in [0.15, 0.2) is 34.4 Å². The van der Waals surface area contributed by atoms with E-state index >= 15 is 0 Å². The van der Waals surface area contributed by atoms with Crippen LogP contribution in [0.1, 0.15) is 11.1 Å². The SMILES string of the molecule is Cc1c(N)nc(Sc2ccccn2)c([N+](=O)[O-])c1C. The Labute approximate surface area is 114 Å². The van der Waals surface area contributed by atoms with Crippen molar-refractivity contribution >= 4 is 23.3 Å². The molecule has 0 saturated carbocycles. The van der Waals surface area contributed by atoms with Crippen LogP contribution in [0.3, 0.4) is 0 Å². The third-order valence-corrected chi connectivity index (χ3v) is 3.68. The monoisotopic (exact) mass is 276 g/mol. The van der Waals surface area contributed by atoms with Crippen LogP contribution >= 0.6 is 11.8 Å². The molecule has 0 aliphatic rings. The van der Waals surface area contributed by atoms with Crippen LogP contribution in [0.2, 0.25) is 0 Å². The van der Waals surface area contributed by atoms with Crippen LogP contribution in [0.5, 0.6) is 0 Å².